The van der Waals surface area contributed by atoms with Gasteiger partial charge < -0.3 is 15.0 Å². The van der Waals surface area contributed by atoms with Gasteiger partial charge in [-0.15, -0.1) is 11.3 Å². The summed E-state index contributed by atoms with van der Waals surface area (Å²) in [7, 11) is 0. The number of pyridine rings is 1. The van der Waals surface area contributed by atoms with Crippen LogP contribution in [0.2, 0.25) is 0 Å². The molecule has 5 rings (SSSR count). The molecule has 2 heterocycles. The van der Waals surface area contributed by atoms with Crippen LogP contribution >= 0.6 is 23.1 Å². The van der Waals surface area contributed by atoms with E-state index >= 15 is 0 Å². The summed E-state index contributed by atoms with van der Waals surface area (Å²) >= 11 is 2.91. The zero-order valence-corrected chi connectivity index (χ0v) is 27.4. The van der Waals surface area contributed by atoms with Gasteiger partial charge in [-0.3, -0.25) is 0 Å². The topological polar surface area (TPSA) is 73.2 Å². The van der Waals surface area contributed by atoms with Gasteiger partial charge in [0, 0.05) is 17.3 Å². The third-order valence-corrected chi connectivity index (χ3v) is 10.1. The Bertz CT molecular complexity index is 1540. The summed E-state index contributed by atoms with van der Waals surface area (Å²) in [5.41, 5.74) is 4.61. The number of halogens is 1. The second kappa shape index (κ2) is 13.5. The summed E-state index contributed by atoms with van der Waals surface area (Å²) in [4.78, 5) is 15.9. The van der Waals surface area contributed by atoms with Crippen molar-refractivity contribution in [1.29, 1.82) is 0 Å². The van der Waals surface area contributed by atoms with Gasteiger partial charge in [-0.05, 0) is 97.6 Å². The smallest absolute Gasteiger partial charge is 0.550 e. The number of carbonyl (C=O) groups excluding carboxylic acids is 1. The Hall–Kier alpha value is -2.00. The Labute approximate surface area is 271 Å². The number of carboxylic acids is 1. The maximum Gasteiger partial charge on any atom is 1.00 e. The van der Waals surface area contributed by atoms with Crippen molar-refractivity contribution in [1.82, 2.24) is 4.98 Å². The van der Waals surface area contributed by atoms with Crippen LogP contribution in [0.3, 0.4) is 0 Å². The Balaban J connectivity index is 0.00000387. The van der Waals surface area contributed by atoms with Crippen molar-refractivity contribution in [3.05, 3.63) is 99.8 Å². The summed E-state index contributed by atoms with van der Waals surface area (Å²) in [6.45, 7) is 3.62. The van der Waals surface area contributed by atoms with Crippen LogP contribution < -0.4 is 34.7 Å². The maximum atomic E-state index is 13.6. The van der Waals surface area contributed by atoms with E-state index in [1.54, 1.807) is 0 Å². The number of nitrogens with zero attached hydrogens (tertiary/aromatic N) is 1. The average Bonchev–Trinajstić information content (AvgIpc) is 3.56. The van der Waals surface area contributed by atoms with E-state index in [0.29, 0.717) is 5.52 Å². The predicted molar refractivity (Wildman–Crippen MR) is 161 cm³/mol. The largest absolute Gasteiger partial charge is 1.00 e. The third kappa shape index (κ3) is 8.53. The van der Waals surface area contributed by atoms with Crippen molar-refractivity contribution in [2.75, 3.05) is 5.75 Å². The average molecular weight is 598 g/mol. The van der Waals surface area contributed by atoms with Crippen LogP contribution in [0.5, 0.6) is 0 Å². The van der Waals surface area contributed by atoms with E-state index in [9.17, 15) is 19.4 Å². The molecule has 8 heteroatoms. The van der Waals surface area contributed by atoms with E-state index in [0.717, 1.165) is 69.9 Å². The first-order valence-corrected chi connectivity index (χ1v) is 15.4. The van der Waals surface area contributed by atoms with E-state index in [1.807, 2.05) is 80.2 Å². The van der Waals surface area contributed by atoms with Gasteiger partial charge in [-0.2, -0.15) is 16.2 Å². The molecule has 0 aliphatic heterocycles. The first kappa shape index (κ1) is 31.9. The first-order chi connectivity index (χ1) is 19.1. The second-order valence-corrected chi connectivity index (χ2v) is 13.5. The summed E-state index contributed by atoms with van der Waals surface area (Å²) in [6, 6.07) is 21.7. The number of hydrogen-bond donors (Lipinski definition) is 1. The van der Waals surface area contributed by atoms with Gasteiger partial charge in [0.15, 0.2) is 5.13 Å². The third-order valence-electron chi connectivity index (χ3n) is 7.51. The standard InChI is InChI=1S/C33H34FNO3S2.Na/c1-32(2,38)26-9-4-3-7-23(26)11-14-28(39-21-33(16-17-33)20-31(36)37)24-8-5-6-22(18-24)10-12-25-13-15-29-27(35-25)19-30(34)40-29;/h3-10,12-13,15,18-19,28,38H,11,14,16-17,20-21H2,1-2H3,(H,36,37);/q;+1/p-1/b12-10+;. The molecule has 1 saturated carbocycles. The number of rotatable bonds is 12. The van der Waals surface area contributed by atoms with Crippen molar-refractivity contribution < 1.29 is 49.0 Å². The number of aliphatic hydroxyl groups is 1. The zero-order chi connectivity index (χ0) is 28.3. The molecule has 2 aromatic carbocycles. The quantitative estimate of drug-likeness (QED) is 0.248. The summed E-state index contributed by atoms with van der Waals surface area (Å²) in [5, 5.41) is 22.0. The minimum absolute atomic E-state index is 0. The van der Waals surface area contributed by atoms with Crippen LogP contribution in [-0.4, -0.2) is 21.8 Å². The number of aliphatic carboxylic acids is 1. The second-order valence-electron chi connectivity index (χ2n) is 11.3. The van der Waals surface area contributed by atoms with Crippen molar-refractivity contribution in [3.8, 4) is 0 Å². The van der Waals surface area contributed by atoms with E-state index < -0.39 is 11.6 Å². The van der Waals surface area contributed by atoms with Crippen LogP contribution in [0.4, 0.5) is 4.39 Å². The normalized spacial score (nSPS) is 15.1. The van der Waals surface area contributed by atoms with Crippen LogP contribution in [0.15, 0.2) is 66.7 Å². The SMILES string of the molecule is CC(C)(O)c1ccccc1CCC(SCC1(CC(=O)[O-])CC1)c1cccc(/C=C/c2ccc3sc(F)cc3n2)c1.[Na+]. The van der Waals surface area contributed by atoms with Crippen LogP contribution in [0.25, 0.3) is 22.4 Å². The Kier molecular flexibility index (Phi) is 10.5. The fourth-order valence-corrected chi connectivity index (χ4v) is 7.44. The molecular weight excluding hydrogens is 564 g/mol. The first-order valence-electron chi connectivity index (χ1n) is 13.6. The molecule has 1 atom stereocenters. The molecule has 1 aliphatic rings. The number of thiophene rings is 1. The minimum Gasteiger partial charge on any atom is -0.550 e. The molecular formula is C33H33FNNaO3S2. The molecule has 0 bridgehead atoms. The number of carbonyl (C=O) groups is 1. The fourth-order valence-electron chi connectivity index (χ4n) is 5.15. The molecule has 0 radical (unpaired) electrons. The van der Waals surface area contributed by atoms with E-state index in [4.69, 9.17) is 0 Å². The number of aryl methyl sites for hydroxylation is 1. The van der Waals surface area contributed by atoms with Gasteiger partial charge in [0.1, 0.15) is 0 Å². The number of benzene rings is 2. The molecule has 0 spiro atoms. The Morgan fingerprint density at radius 1 is 1.15 bits per heavy atom. The number of thioether (sulfide) groups is 1. The number of carboxylic acid groups (broad SMARTS) is 1. The van der Waals surface area contributed by atoms with Crippen LogP contribution in [-0.2, 0) is 16.8 Å². The van der Waals surface area contributed by atoms with E-state index in [1.165, 1.54) is 11.6 Å². The zero-order valence-electron chi connectivity index (χ0n) is 23.7. The molecule has 0 amide bonds. The van der Waals surface area contributed by atoms with Gasteiger partial charge in [0.2, 0.25) is 0 Å². The van der Waals surface area contributed by atoms with Gasteiger partial charge in [0.25, 0.3) is 0 Å². The van der Waals surface area contributed by atoms with Crippen LogP contribution in [0.1, 0.15) is 72.7 Å². The maximum absolute atomic E-state index is 13.6. The van der Waals surface area contributed by atoms with Gasteiger partial charge in [-0.1, -0.05) is 54.6 Å². The number of fused-ring (bicyclic) bond motifs is 1. The molecule has 4 aromatic rings. The van der Waals surface area contributed by atoms with Crippen LogP contribution in [0, 0.1) is 10.5 Å². The molecule has 1 fully saturated rings. The Morgan fingerprint density at radius 3 is 2.66 bits per heavy atom. The van der Waals surface area contributed by atoms with Gasteiger partial charge >= 0.3 is 29.6 Å². The van der Waals surface area contributed by atoms with Crippen molar-refractivity contribution in [3.63, 3.8) is 0 Å². The summed E-state index contributed by atoms with van der Waals surface area (Å²) in [6.07, 6.45) is 7.58. The van der Waals surface area contributed by atoms with E-state index in [2.05, 4.69) is 23.2 Å². The molecule has 0 saturated heterocycles. The summed E-state index contributed by atoms with van der Waals surface area (Å²) < 4.78 is 14.4. The van der Waals surface area contributed by atoms with Gasteiger partial charge in [-0.25, -0.2) is 4.98 Å². The molecule has 2 aromatic heterocycles. The van der Waals surface area contributed by atoms with Crippen molar-refractivity contribution in [2.45, 2.75) is 56.8 Å². The molecule has 1 N–H and O–H groups in total. The van der Waals surface area contributed by atoms with Crippen molar-refractivity contribution >= 4 is 51.4 Å². The van der Waals surface area contributed by atoms with Crippen molar-refractivity contribution in [2.24, 2.45) is 5.41 Å². The van der Waals surface area contributed by atoms with Gasteiger partial charge in [0.05, 0.1) is 21.5 Å². The molecule has 1 aliphatic carbocycles. The molecule has 208 valence electrons. The molecule has 1 unspecified atom stereocenters. The Morgan fingerprint density at radius 2 is 1.93 bits per heavy atom. The predicted octanol–water partition coefficient (Wildman–Crippen LogP) is 4.16. The number of aromatic nitrogens is 1. The summed E-state index contributed by atoms with van der Waals surface area (Å²) in [5.74, 6) is -0.196. The van der Waals surface area contributed by atoms with E-state index in [-0.39, 0.29) is 51.8 Å². The molecule has 4 nitrogen and oxygen atoms in total. The molecule has 41 heavy (non-hydrogen) atoms. The minimum atomic E-state index is -0.974. The monoisotopic (exact) mass is 597 g/mol. The fraction of sp³-hybridized carbons (Fsp3) is 0.333. The number of hydrogen-bond acceptors (Lipinski definition) is 6.